The monoisotopic (exact) mass is 345 g/mol. The second kappa shape index (κ2) is 6.29. The van der Waals surface area contributed by atoms with Crippen molar-refractivity contribution >= 4 is 16.9 Å². The minimum atomic E-state index is -0.486. The van der Waals surface area contributed by atoms with E-state index in [1.165, 1.54) is 0 Å². The Morgan fingerprint density at radius 1 is 1.04 bits per heavy atom. The van der Waals surface area contributed by atoms with Gasteiger partial charge < -0.3 is 10.5 Å². The number of hydrogen-bond donors (Lipinski definition) is 1. The molecule has 2 aromatic heterocycles. The summed E-state index contributed by atoms with van der Waals surface area (Å²) < 4.78 is 7.62. The van der Waals surface area contributed by atoms with Crippen LogP contribution in [0.4, 0.5) is 0 Å². The van der Waals surface area contributed by atoms with E-state index in [-0.39, 0.29) is 0 Å². The maximum absolute atomic E-state index is 11.2. The summed E-state index contributed by atoms with van der Waals surface area (Å²) in [7, 11) is 1.82. The third-order valence-electron chi connectivity index (χ3n) is 3.94. The number of fused-ring (bicyclic) bond motifs is 1. The van der Waals surface area contributed by atoms with E-state index in [1.54, 1.807) is 35.1 Å². The van der Waals surface area contributed by atoms with E-state index in [1.807, 2.05) is 37.4 Å². The highest BCUT2D eigenvalue weighted by molar-refractivity contribution is 5.92. The van der Waals surface area contributed by atoms with Crippen LogP contribution in [-0.2, 0) is 7.05 Å². The number of amides is 1. The Kier molecular flexibility index (Phi) is 3.81. The SMILES string of the molecule is Cn1ncc2c(Oc3ccc(C(N)=O)cc3)nc(-c3ccccc3)nc21. The van der Waals surface area contributed by atoms with Crippen LogP contribution >= 0.6 is 0 Å². The highest BCUT2D eigenvalue weighted by atomic mass is 16.5. The Morgan fingerprint density at radius 3 is 2.46 bits per heavy atom. The number of rotatable bonds is 4. The number of aromatic nitrogens is 4. The van der Waals surface area contributed by atoms with Crippen LogP contribution in [0.1, 0.15) is 10.4 Å². The van der Waals surface area contributed by atoms with Crippen LogP contribution in [0.3, 0.4) is 0 Å². The van der Waals surface area contributed by atoms with E-state index in [9.17, 15) is 4.79 Å². The van der Waals surface area contributed by atoms with Crippen LogP contribution in [-0.4, -0.2) is 25.7 Å². The van der Waals surface area contributed by atoms with Gasteiger partial charge in [0, 0.05) is 18.2 Å². The number of carbonyl (C=O) groups excluding carboxylic acids is 1. The summed E-state index contributed by atoms with van der Waals surface area (Å²) in [5.41, 5.74) is 7.23. The molecule has 0 radical (unpaired) electrons. The zero-order valence-corrected chi connectivity index (χ0v) is 14.0. The van der Waals surface area contributed by atoms with Crippen molar-refractivity contribution in [2.24, 2.45) is 12.8 Å². The maximum atomic E-state index is 11.2. The molecule has 4 rings (SSSR count). The van der Waals surface area contributed by atoms with Crippen LogP contribution in [0.25, 0.3) is 22.4 Å². The summed E-state index contributed by atoms with van der Waals surface area (Å²) in [6, 6.07) is 16.2. The predicted molar refractivity (Wildman–Crippen MR) is 96.8 cm³/mol. The lowest BCUT2D eigenvalue weighted by atomic mass is 10.2. The van der Waals surface area contributed by atoms with E-state index < -0.39 is 5.91 Å². The van der Waals surface area contributed by atoms with E-state index >= 15 is 0 Å². The van der Waals surface area contributed by atoms with Gasteiger partial charge in [0.2, 0.25) is 11.8 Å². The maximum Gasteiger partial charge on any atom is 0.248 e. The molecule has 0 unspecified atom stereocenters. The molecular weight excluding hydrogens is 330 g/mol. The van der Waals surface area contributed by atoms with E-state index in [4.69, 9.17) is 10.5 Å². The fourth-order valence-electron chi connectivity index (χ4n) is 2.59. The topological polar surface area (TPSA) is 95.9 Å². The first-order valence-corrected chi connectivity index (χ1v) is 7.95. The van der Waals surface area contributed by atoms with Gasteiger partial charge in [-0.25, -0.2) is 4.98 Å². The van der Waals surface area contributed by atoms with Crippen LogP contribution < -0.4 is 10.5 Å². The van der Waals surface area contributed by atoms with E-state index in [0.717, 1.165) is 5.56 Å². The van der Waals surface area contributed by atoms with E-state index in [2.05, 4.69) is 15.1 Å². The third-order valence-corrected chi connectivity index (χ3v) is 3.94. The summed E-state index contributed by atoms with van der Waals surface area (Å²) >= 11 is 0. The average molecular weight is 345 g/mol. The molecule has 0 fully saturated rings. The molecule has 2 N–H and O–H groups in total. The molecule has 4 aromatic rings. The summed E-state index contributed by atoms with van der Waals surface area (Å²) in [6.45, 7) is 0. The lowest BCUT2D eigenvalue weighted by Gasteiger charge is -2.09. The number of nitrogens with two attached hydrogens (primary N) is 1. The number of benzene rings is 2. The quantitative estimate of drug-likeness (QED) is 0.613. The van der Waals surface area contributed by atoms with Crippen molar-refractivity contribution in [1.29, 1.82) is 0 Å². The molecule has 0 aliphatic carbocycles. The lowest BCUT2D eigenvalue weighted by molar-refractivity contribution is 0.100. The van der Waals surface area contributed by atoms with Crippen molar-refractivity contribution in [1.82, 2.24) is 19.7 Å². The van der Waals surface area contributed by atoms with Crippen LogP contribution in [0.5, 0.6) is 11.6 Å². The van der Waals surface area contributed by atoms with Crippen molar-refractivity contribution in [3.63, 3.8) is 0 Å². The zero-order valence-electron chi connectivity index (χ0n) is 14.0. The smallest absolute Gasteiger partial charge is 0.248 e. The Bertz CT molecular complexity index is 1090. The first-order valence-electron chi connectivity index (χ1n) is 7.95. The molecule has 1 amide bonds. The molecule has 2 heterocycles. The molecule has 7 nitrogen and oxygen atoms in total. The van der Waals surface area contributed by atoms with E-state index in [0.29, 0.717) is 34.1 Å². The highest BCUT2D eigenvalue weighted by Crippen LogP contribution is 2.29. The number of nitrogens with zero attached hydrogens (tertiary/aromatic N) is 4. The van der Waals surface area contributed by atoms with Crippen LogP contribution in [0, 0.1) is 0 Å². The number of primary amides is 1. The third kappa shape index (κ3) is 2.86. The molecular formula is C19H15N5O2. The Hall–Kier alpha value is -3.74. The molecule has 0 atom stereocenters. The van der Waals surface area contributed by atoms with Crippen LogP contribution in [0.2, 0.25) is 0 Å². The number of carbonyl (C=O) groups is 1. The fraction of sp³-hybridized carbons (Fsp3) is 0.0526. The molecule has 0 aliphatic heterocycles. The molecule has 0 spiro atoms. The fourth-order valence-corrected chi connectivity index (χ4v) is 2.59. The Labute approximate surface area is 149 Å². The van der Waals surface area contributed by atoms with Crippen molar-refractivity contribution in [2.45, 2.75) is 0 Å². The molecule has 2 aromatic carbocycles. The largest absolute Gasteiger partial charge is 0.438 e. The molecule has 0 bridgehead atoms. The van der Waals surface area contributed by atoms with Gasteiger partial charge in [-0.3, -0.25) is 9.48 Å². The molecule has 26 heavy (non-hydrogen) atoms. The normalized spacial score (nSPS) is 10.8. The van der Waals surface area contributed by atoms with Crippen molar-refractivity contribution in [3.8, 4) is 23.0 Å². The van der Waals surface area contributed by atoms with Gasteiger partial charge in [0.25, 0.3) is 0 Å². The average Bonchev–Trinajstić information content (AvgIpc) is 3.04. The van der Waals surface area contributed by atoms with Gasteiger partial charge >= 0.3 is 0 Å². The second-order valence-corrected chi connectivity index (χ2v) is 5.71. The standard InChI is InChI=1S/C19H15N5O2/c1-24-18-15(11-21-24)19(23-17(22-18)13-5-3-2-4-6-13)26-14-9-7-12(8-10-14)16(20)25/h2-11H,1H3,(H2,20,25). The van der Waals surface area contributed by atoms with Gasteiger partial charge in [-0.2, -0.15) is 10.1 Å². The van der Waals surface area contributed by atoms with Gasteiger partial charge in [-0.05, 0) is 24.3 Å². The molecule has 128 valence electrons. The lowest BCUT2D eigenvalue weighted by Crippen LogP contribution is -2.10. The summed E-state index contributed by atoms with van der Waals surface area (Å²) in [4.78, 5) is 20.4. The number of hydrogen-bond acceptors (Lipinski definition) is 5. The summed E-state index contributed by atoms with van der Waals surface area (Å²) in [6.07, 6.45) is 1.66. The van der Waals surface area contributed by atoms with Crippen molar-refractivity contribution in [3.05, 3.63) is 66.4 Å². The van der Waals surface area contributed by atoms with Gasteiger partial charge in [0.1, 0.15) is 11.1 Å². The van der Waals surface area contributed by atoms with Gasteiger partial charge in [-0.1, -0.05) is 30.3 Å². The Balaban J connectivity index is 1.79. The van der Waals surface area contributed by atoms with Gasteiger partial charge in [0.05, 0.1) is 6.20 Å². The number of aryl methyl sites for hydroxylation is 1. The van der Waals surface area contributed by atoms with Gasteiger partial charge in [-0.15, -0.1) is 0 Å². The number of ether oxygens (including phenoxy) is 1. The van der Waals surface area contributed by atoms with Crippen LogP contribution in [0.15, 0.2) is 60.8 Å². The molecule has 0 saturated carbocycles. The highest BCUT2D eigenvalue weighted by Gasteiger charge is 2.15. The molecule has 0 aliphatic rings. The molecule has 7 heteroatoms. The Morgan fingerprint density at radius 2 is 1.77 bits per heavy atom. The zero-order chi connectivity index (χ0) is 18.1. The minimum absolute atomic E-state index is 0.397. The molecule has 0 saturated heterocycles. The van der Waals surface area contributed by atoms with Gasteiger partial charge in [0.15, 0.2) is 11.5 Å². The van der Waals surface area contributed by atoms with Crippen molar-refractivity contribution in [2.75, 3.05) is 0 Å². The summed E-state index contributed by atoms with van der Waals surface area (Å²) in [5, 5.41) is 4.94. The first kappa shape index (κ1) is 15.8. The second-order valence-electron chi connectivity index (χ2n) is 5.71. The predicted octanol–water partition coefficient (Wildman–Crippen LogP) is 2.92. The summed E-state index contributed by atoms with van der Waals surface area (Å²) in [5.74, 6) is 0.997. The first-order chi connectivity index (χ1) is 12.6. The van der Waals surface area contributed by atoms with Crippen molar-refractivity contribution < 1.29 is 9.53 Å². The minimum Gasteiger partial charge on any atom is -0.438 e.